The number of hydrogen-bond donors (Lipinski definition) is 1. The van der Waals surface area contributed by atoms with Gasteiger partial charge in [0.25, 0.3) is 0 Å². The van der Waals surface area contributed by atoms with Crippen molar-refractivity contribution in [1.29, 1.82) is 0 Å². The molecule has 0 heterocycles. The molecule has 6 heteroatoms. The van der Waals surface area contributed by atoms with E-state index in [9.17, 15) is 17.6 Å². The van der Waals surface area contributed by atoms with Gasteiger partial charge in [-0.1, -0.05) is 18.2 Å². The van der Waals surface area contributed by atoms with Crippen LogP contribution in [0.4, 0.5) is 17.6 Å². The Morgan fingerprint density at radius 2 is 1.71 bits per heavy atom. The lowest BCUT2D eigenvalue weighted by molar-refractivity contribution is -0.138. The van der Waals surface area contributed by atoms with E-state index in [1.54, 1.807) is 24.3 Å². The standard InChI is InChI=1S/C15H13F4NO/c1-21-13-5-3-2-4-10(13)14(20)11-8-9(16)6-7-12(11)15(17,18)19/h2-8,14H,20H2,1H3. The summed E-state index contributed by atoms with van der Waals surface area (Å²) in [6, 6.07) is 7.56. The quantitative estimate of drug-likeness (QED) is 0.872. The molecule has 0 spiro atoms. The molecule has 0 radical (unpaired) electrons. The zero-order valence-corrected chi connectivity index (χ0v) is 11.1. The molecule has 0 aliphatic rings. The molecule has 0 saturated carbocycles. The normalized spacial score (nSPS) is 13.0. The van der Waals surface area contributed by atoms with Gasteiger partial charge in [0.2, 0.25) is 0 Å². The molecule has 2 aromatic rings. The number of hydrogen-bond acceptors (Lipinski definition) is 2. The summed E-state index contributed by atoms with van der Waals surface area (Å²) in [4.78, 5) is 0. The maximum absolute atomic E-state index is 13.3. The van der Waals surface area contributed by atoms with E-state index in [4.69, 9.17) is 10.5 Å². The molecular weight excluding hydrogens is 286 g/mol. The first-order valence-corrected chi connectivity index (χ1v) is 6.09. The van der Waals surface area contributed by atoms with Gasteiger partial charge >= 0.3 is 6.18 Å². The lowest BCUT2D eigenvalue weighted by Crippen LogP contribution is -2.19. The van der Waals surface area contributed by atoms with Gasteiger partial charge in [0, 0.05) is 5.56 Å². The lowest BCUT2D eigenvalue weighted by Gasteiger charge is -2.20. The van der Waals surface area contributed by atoms with Crippen molar-refractivity contribution in [2.24, 2.45) is 5.73 Å². The molecule has 112 valence electrons. The molecule has 0 aliphatic carbocycles. The summed E-state index contributed by atoms with van der Waals surface area (Å²) in [7, 11) is 1.39. The van der Waals surface area contributed by atoms with Crippen LogP contribution >= 0.6 is 0 Å². The van der Waals surface area contributed by atoms with Crippen molar-refractivity contribution in [3.8, 4) is 5.75 Å². The summed E-state index contributed by atoms with van der Waals surface area (Å²) in [6.45, 7) is 0. The first kappa shape index (κ1) is 15.3. The van der Waals surface area contributed by atoms with Crippen LogP contribution in [0.25, 0.3) is 0 Å². The zero-order valence-electron chi connectivity index (χ0n) is 11.1. The summed E-state index contributed by atoms with van der Waals surface area (Å²) < 4.78 is 57.5. The molecule has 0 bridgehead atoms. The molecular formula is C15H13F4NO. The molecule has 1 atom stereocenters. The van der Waals surface area contributed by atoms with Crippen LogP contribution in [0, 0.1) is 5.82 Å². The summed E-state index contributed by atoms with van der Waals surface area (Å²) >= 11 is 0. The van der Waals surface area contributed by atoms with E-state index in [0.717, 1.165) is 12.1 Å². The van der Waals surface area contributed by atoms with Crippen molar-refractivity contribution in [2.45, 2.75) is 12.2 Å². The Morgan fingerprint density at radius 1 is 1.05 bits per heavy atom. The van der Waals surface area contributed by atoms with Gasteiger partial charge in [-0.25, -0.2) is 4.39 Å². The molecule has 21 heavy (non-hydrogen) atoms. The van der Waals surface area contributed by atoms with Crippen molar-refractivity contribution in [3.05, 3.63) is 65.0 Å². The van der Waals surface area contributed by atoms with Gasteiger partial charge in [-0.05, 0) is 29.8 Å². The van der Waals surface area contributed by atoms with Crippen LogP contribution < -0.4 is 10.5 Å². The molecule has 0 amide bonds. The number of para-hydroxylation sites is 1. The molecule has 0 aromatic heterocycles. The average molecular weight is 299 g/mol. The smallest absolute Gasteiger partial charge is 0.416 e. The van der Waals surface area contributed by atoms with Crippen molar-refractivity contribution in [2.75, 3.05) is 7.11 Å². The van der Waals surface area contributed by atoms with Crippen LogP contribution in [0.3, 0.4) is 0 Å². The van der Waals surface area contributed by atoms with Crippen molar-refractivity contribution in [1.82, 2.24) is 0 Å². The molecule has 0 aliphatic heterocycles. The number of halogens is 4. The highest BCUT2D eigenvalue weighted by Crippen LogP contribution is 2.37. The fraction of sp³-hybridized carbons (Fsp3) is 0.200. The van der Waals surface area contributed by atoms with E-state index < -0.39 is 23.6 Å². The highest BCUT2D eigenvalue weighted by molar-refractivity contribution is 5.44. The number of methoxy groups -OCH3 is 1. The predicted molar refractivity (Wildman–Crippen MR) is 70.4 cm³/mol. The maximum atomic E-state index is 13.3. The van der Waals surface area contributed by atoms with Crippen LogP contribution in [0.5, 0.6) is 5.75 Å². The summed E-state index contributed by atoms with van der Waals surface area (Å²) in [6.07, 6.45) is -4.61. The predicted octanol–water partition coefficient (Wildman–Crippen LogP) is 3.90. The van der Waals surface area contributed by atoms with E-state index in [-0.39, 0.29) is 5.56 Å². The number of benzene rings is 2. The second-order valence-electron chi connectivity index (χ2n) is 4.45. The second kappa shape index (κ2) is 5.73. The largest absolute Gasteiger partial charge is 0.496 e. The number of ether oxygens (including phenoxy) is 1. The number of alkyl halides is 3. The van der Waals surface area contributed by atoms with E-state index in [2.05, 4.69) is 0 Å². The second-order valence-corrected chi connectivity index (χ2v) is 4.45. The Balaban J connectivity index is 2.57. The van der Waals surface area contributed by atoms with Gasteiger partial charge in [-0.15, -0.1) is 0 Å². The Bertz CT molecular complexity index is 640. The van der Waals surface area contributed by atoms with E-state index >= 15 is 0 Å². The van der Waals surface area contributed by atoms with Gasteiger partial charge < -0.3 is 10.5 Å². The van der Waals surface area contributed by atoms with Gasteiger partial charge in [-0.3, -0.25) is 0 Å². The van der Waals surface area contributed by atoms with E-state index in [1.807, 2.05) is 0 Å². The third-order valence-electron chi connectivity index (χ3n) is 3.13. The van der Waals surface area contributed by atoms with Gasteiger partial charge in [0.05, 0.1) is 18.7 Å². The molecule has 2 nitrogen and oxygen atoms in total. The summed E-state index contributed by atoms with van der Waals surface area (Å²) in [5.74, 6) is -0.425. The Morgan fingerprint density at radius 3 is 2.33 bits per heavy atom. The van der Waals surface area contributed by atoms with E-state index in [1.165, 1.54) is 7.11 Å². The van der Waals surface area contributed by atoms with Gasteiger partial charge in [0.1, 0.15) is 11.6 Å². The van der Waals surface area contributed by atoms with Gasteiger partial charge in [0.15, 0.2) is 0 Å². The fourth-order valence-electron chi connectivity index (χ4n) is 2.14. The third kappa shape index (κ3) is 3.16. The van der Waals surface area contributed by atoms with Crippen molar-refractivity contribution in [3.63, 3.8) is 0 Å². The topological polar surface area (TPSA) is 35.2 Å². The maximum Gasteiger partial charge on any atom is 0.416 e. The SMILES string of the molecule is COc1ccccc1C(N)c1cc(F)ccc1C(F)(F)F. The molecule has 2 N–H and O–H groups in total. The Labute approximate surface area is 119 Å². The Kier molecular flexibility index (Phi) is 4.18. The fourth-order valence-corrected chi connectivity index (χ4v) is 2.14. The van der Waals surface area contributed by atoms with Crippen LogP contribution in [0.15, 0.2) is 42.5 Å². The van der Waals surface area contributed by atoms with Crippen LogP contribution in [0.2, 0.25) is 0 Å². The first-order chi connectivity index (χ1) is 9.84. The Hall–Kier alpha value is -2.08. The van der Waals surface area contributed by atoms with Crippen LogP contribution in [0.1, 0.15) is 22.7 Å². The third-order valence-corrected chi connectivity index (χ3v) is 3.13. The highest BCUT2D eigenvalue weighted by atomic mass is 19.4. The first-order valence-electron chi connectivity index (χ1n) is 6.09. The average Bonchev–Trinajstić information content (AvgIpc) is 2.45. The summed E-state index contributed by atoms with van der Waals surface area (Å²) in [5.41, 5.74) is 4.99. The van der Waals surface area contributed by atoms with Crippen molar-refractivity contribution >= 4 is 0 Å². The molecule has 2 rings (SSSR count). The van der Waals surface area contributed by atoms with Crippen LogP contribution in [-0.2, 0) is 6.18 Å². The number of nitrogens with two attached hydrogens (primary N) is 1. The molecule has 0 fully saturated rings. The minimum Gasteiger partial charge on any atom is -0.496 e. The molecule has 1 unspecified atom stereocenters. The monoisotopic (exact) mass is 299 g/mol. The van der Waals surface area contributed by atoms with Gasteiger partial charge in [-0.2, -0.15) is 13.2 Å². The molecule has 0 saturated heterocycles. The minimum absolute atomic E-state index is 0.327. The summed E-state index contributed by atoms with van der Waals surface area (Å²) in [5, 5.41) is 0. The molecule has 2 aromatic carbocycles. The zero-order chi connectivity index (χ0) is 15.6. The lowest BCUT2D eigenvalue weighted by atomic mass is 9.94. The van der Waals surface area contributed by atoms with Crippen LogP contribution in [-0.4, -0.2) is 7.11 Å². The number of rotatable bonds is 3. The minimum atomic E-state index is -4.61. The van der Waals surface area contributed by atoms with Crippen molar-refractivity contribution < 1.29 is 22.3 Å². The van der Waals surface area contributed by atoms with E-state index in [0.29, 0.717) is 17.4 Å². The highest BCUT2D eigenvalue weighted by Gasteiger charge is 2.35.